The summed E-state index contributed by atoms with van der Waals surface area (Å²) in [6, 6.07) is 0. The normalized spacial score (nSPS) is 15.9. The molecule has 1 fully saturated rings. The predicted octanol–water partition coefficient (Wildman–Crippen LogP) is 2.21. The van der Waals surface area contributed by atoms with Crippen molar-refractivity contribution in [3.05, 3.63) is 23.0 Å². The average Bonchev–Trinajstić information content (AvgIpc) is 2.81. The predicted molar refractivity (Wildman–Crippen MR) is 53.6 cm³/mol. The minimum Gasteiger partial charge on any atom is -0.478 e. The fourth-order valence-corrected chi connectivity index (χ4v) is 1.92. The van der Waals surface area contributed by atoms with Crippen LogP contribution in [0.3, 0.4) is 0 Å². The van der Waals surface area contributed by atoms with Crippen molar-refractivity contribution in [2.75, 3.05) is 0 Å². The maximum atomic E-state index is 10.9. The van der Waals surface area contributed by atoms with E-state index in [0.29, 0.717) is 5.56 Å². The highest BCUT2D eigenvalue weighted by atomic mass is 16.4. The summed E-state index contributed by atoms with van der Waals surface area (Å²) in [5.41, 5.74) is 2.24. The lowest BCUT2D eigenvalue weighted by atomic mass is 10.2. The summed E-state index contributed by atoms with van der Waals surface area (Å²) in [6.07, 6.45) is 4.54. The number of hydrogen-bond donors (Lipinski definition) is 1. The second-order valence-electron chi connectivity index (χ2n) is 4.17. The van der Waals surface area contributed by atoms with Gasteiger partial charge in [-0.15, -0.1) is 0 Å². The number of carboxylic acid groups (broad SMARTS) is 1. The highest BCUT2D eigenvalue weighted by Gasteiger charge is 2.24. The van der Waals surface area contributed by atoms with Gasteiger partial charge in [0.2, 0.25) is 0 Å². The Balaban J connectivity index is 2.32. The molecule has 1 aromatic rings. The maximum absolute atomic E-state index is 10.9. The largest absolute Gasteiger partial charge is 0.478 e. The van der Waals surface area contributed by atoms with E-state index >= 15 is 0 Å². The molecule has 0 spiro atoms. The van der Waals surface area contributed by atoms with E-state index in [1.54, 1.807) is 0 Å². The molecule has 1 heterocycles. The van der Waals surface area contributed by atoms with Gasteiger partial charge in [-0.1, -0.05) is 0 Å². The highest BCUT2D eigenvalue weighted by Crippen LogP contribution is 2.32. The molecule has 1 saturated carbocycles. The summed E-state index contributed by atoms with van der Waals surface area (Å²) in [4.78, 5) is 10.9. The lowest BCUT2D eigenvalue weighted by molar-refractivity contribution is 0.0695. The van der Waals surface area contributed by atoms with Crippen LogP contribution in [0.1, 0.15) is 34.5 Å². The summed E-state index contributed by atoms with van der Waals surface area (Å²) in [6.45, 7) is 4.73. The molecule has 76 valence electrons. The van der Waals surface area contributed by atoms with E-state index in [0.717, 1.165) is 23.7 Å². The first-order chi connectivity index (χ1) is 6.59. The summed E-state index contributed by atoms with van der Waals surface area (Å²) in [5, 5.41) is 9.00. The van der Waals surface area contributed by atoms with Crippen molar-refractivity contribution < 1.29 is 9.90 Å². The number of carboxylic acids is 1. The first kappa shape index (κ1) is 9.31. The van der Waals surface area contributed by atoms with Crippen LogP contribution >= 0.6 is 0 Å². The van der Waals surface area contributed by atoms with Crippen molar-refractivity contribution in [2.45, 2.75) is 33.2 Å². The summed E-state index contributed by atoms with van der Waals surface area (Å²) < 4.78 is 2.08. The zero-order valence-electron chi connectivity index (χ0n) is 8.58. The van der Waals surface area contributed by atoms with Gasteiger partial charge < -0.3 is 9.67 Å². The SMILES string of the molecule is Cc1cn(CC2CC2)c(C)c1C(=O)O. The molecular weight excluding hydrogens is 178 g/mol. The molecule has 0 aliphatic heterocycles. The average molecular weight is 193 g/mol. The lowest BCUT2D eigenvalue weighted by Gasteiger charge is -2.04. The monoisotopic (exact) mass is 193 g/mol. The Hall–Kier alpha value is -1.25. The Labute approximate surface area is 83.4 Å². The molecule has 1 aromatic heterocycles. The number of aromatic nitrogens is 1. The topological polar surface area (TPSA) is 42.2 Å². The van der Waals surface area contributed by atoms with Crippen molar-refractivity contribution in [3.63, 3.8) is 0 Å². The summed E-state index contributed by atoms with van der Waals surface area (Å²) >= 11 is 0. The molecule has 3 nitrogen and oxygen atoms in total. The number of rotatable bonds is 3. The van der Waals surface area contributed by atoms with Gasteiger partial charge in [0, 0.05) is 18.4 Å². The van der Waals surface area contributed by atoms with Crippen LogP contribution in [0.25, 0.3) is 0 Å². The van der Waals surface area contributed by atoms with Gasteiger partial charge in [0.1, 0.15) is 0 Å². The second kappa shape index (κ2) is 3.15. The van der Waals surface area contributed by atoms with Gasteiger partial charge in [-0.2, -0.15) is 0 Å². The Kier molecular flexibility index (Phi) is 2.10. The molecule has 14 heavy (non-hydrogen) atoms. The fraction of sp³-hybridized carbons (Fsp3) is 0.545. The molecule has 3 heteroatoms. The van der Waals surface area contributed by atoms with E-state index in [9.17, 15) is 4.79 Å². The van der Waals surface area contributed by atoms with E-state index in [1.807, 2.05) is 20.0 Å². The molecule has 0 saturated heterocycles. The lowest BCUT2D eigenvalue weighted by Crippen LogP contribution is -2.04. The molecule has 2 rings (SSSR count). The Morgan fingerprint density at radius 1 is 1.57 bits per heavy atom. The first-order valence-electron chi connectivity index (χ1n) is 4.99. The number of aryl methyl sites for hydroxylation is 1. The van der Waals surface area contributed by atoms with Gasteiger partial charge in [-0.3, -0.25) is 0 Å². The molecule has 0 amide bonds. The quantitative estimate of drug-likeness (QED) is 0.799. The summed E-state index contributed by atoms with van der Waals surface area (Å²) in [5.74, 6) is -0.0308. The third-order valence-electron chi connectivity index (χ3n) is 2.90. The van der Waals surface area contributed by atoms with Gasteiger partial charge in [0.25, 0.3) is 0 Å². The Morgan fingerprint density at radius 2 is 2.21 bits per heavy atom. The van der Waals surface area contributed by atoms with E-state index in [-0.39, 0.29) is 0 Å². The second-order valence-corrected chi connectivity index (χ2v) is 4.17. The highest BCUT2D eigenvalue weighted by molar-refractivity contribution is 5.90. The third kappa shape index (κ3) is 1.54. The zero-order valence-corrected chi connectivity index (χ0v) is 8.58. The van der Waals surface area contributed by atoms with Crippen molar-refractivity contribution in [1.29, 1.82) is 0 Å². The number of nitrogens with zero attached hydrogens (tertiary/aromatic N) is 1. The van der Waals surface area contributed by atoms with Crippen molar-refractivity contribution in [1.82, 2.24) is 4.57 Å². The van der Waals surface area contributed by atoms with Crippen molar-refractivity contribution in [2.24, 2.45) is 5.92 Å². The minimum atomic E-state index is -0.811. The van der Waals surface area contributed by atoms with Gasteiger partial charge in [0.15, 0.2) is 0 Å². The zero-order chi connectivity index (χ0) is 10.3. The number of carbonyl (C=O) groups is 1. The maximum Gasteiger partial charge on any atom is 0.337 e. The smallest absolute Gasteiger partial charge is 0.337 e. The molecule has 0 atom stereocenters. The molecule has 0 aromatic carbocycles. The van der Waals surface area contributed by atoms with Crippen LogP contribution in [0.4, 0.5) is 0 Å². The number of aromatic carboxylic acids is 1. The van der Waals surface area contributed by atoms with Crippen LogP contribution in [0.15, 0.2) is 6.20 Å². The minimum absolute atomic E-state index is 0.477. The molecule has 1 aliphatic rings. The van der Waals surface area contributed by atoms with Crippen LogP contribution in [0.5, 0.6) is 0 Å². The van der Waals surface area contributed by atoms with Gasteiger partial charge in [-0.05, 0) is 38.2 Å². The van der Waals surface area contributed by atoms with E-state index in [1.165, 1.54) is 12.8 Å². The van der Waals surface area contributed by atoms with E-state index in [4.69, 9.17) is 5.11 Å². The van der Waals surface area contributed by atoms with Crippen LogP contribution in [-0.2, 0) is 6.54 Å². The van der Waals surface area contributed by atoms with Gasteiger partial charge in [0.05, 0.1) is 5.56 Å². The standard InChI is InChI=1S/C11H15NO2/c1-7-5-12(6-9-3-4-9)8(2)10(7)11(13)14/h5,9H,3-4,6H2,1-2H3,(H,13,14). The third-order valence-corrected chi connectivity index (χ3v) is 2.90. The Morgan fingerprint density at radius 3 is 2.64 bits per heavy atom. The molecule has 0 unspecified atom stereocenters. The molecule has 1 N–H and O–H groups in total. The van der Waals surface area contributed by atoms with Crippen LogP contribution in [0.2, 0.25) is 0 Å². The molecular formula is C11H15NO2. The van der Waals surface area contributed by atoms with Crippen molar-refractivity contribution in [3.8, 4) is 0 Å². The first-order valence-corrected chi connectivity index (χ1v) is 4.99. The van der Waals surface area contributed by atoms with Crippen molar-refractivity contribution >= 4 is 5.97 Å². The molecule has 0 radical (unpaired) electrons. The molecule has 0 bridgehead atoms. The van der Waals surface area contributed by atoms with Crippen LogP contribution < -0.4 is 0 Å². The summed E-state index contributed by atoms with van der Waals surface area (Å²) in [7, 11) is 0. The molecule has 1 aliphatic carbocycles. The van der Waals surface area contributed by atoms with Crippen LogP contribution in [0, 0.1) is 19.8 Å². The van der Waals surface area contributed by atoms with Gasteiger partial charge >= 0.3 is 5.97 Å². The fourth-order valence-electron chi connectivity index (χ4n) is 1.92. The Bertz CT molecular complexity index is 375. The van der Waals surface area contributed by atoms with E-state index < -0.39 is 5.97 Å². The number of hydrogen-bond acceptors (Lipinski definition) is 1. The van der Waals surface area contributed by atoms with E-state index in [2.05, 4.69) is 4.57 Å². The van der Waals surface area contributed by atoms with Crippen LogP contribution in [-0.4, -0.2) is 15.6 Å². The van der Waals surface area contributed by atoms with Gasteiger partial charge in [-0.25, -0.2) is 4.79 Å².